The molecule has 0 radical (unpaired) electrons. The third kappa shape index (κ3) is 3.61. The van der Waals surface area contributed by atoms with Crippen LogP contribution in [0.15, 0.2) is 21.4 Å². The molecule has 1 aromatic heterocycles. The van der Waals surface area contributed by atoms with Crippen LogP contribution in [0.5, 0.6) is 0 Å². The Labute approximate surface area is 105 Å². The van der Waals surface area contributed by atoms with E-state index in [0.29, 0.717) is 0 Å². The minimum atomic E-state index is 0.847. The van der Waals surface area contributed by atoms with Crippen LogP contribution in [0.4, 0.5) is 0 Å². The Morgan fingerprint density at radius 1 is 1.38 bits per heavy atom. The van der Waals surface area contributed by atoms with Gasteiger partial charge in [0.05, 0.1) is 6.26 Å². The molecule has 0 unspecified atom stereocenters. The van der Waals surface area contributed by atoms with Gasteiger partial charge in [-0.15, -0.1) is 0 Å². The standard InChI is InChI=1S/C12H19BrN2O/c13-12-11(4-9-16-12)10-14-5-3-8-15-6-1-2-7-15/h4,9,14H,1-3,5-8,10H2. The van der Waals surface area contributed by atoms with Crippen molar-refractivity contribution in [1.82, 2.24) is 10.2 Å². The summed E-state index contributed by atoms with van der Waals surface area (Å²) < 4.78 is 6.02. The molecule has 0 atom stereocenters. The molecule has 2 heterocycles. The Hall–Kier alpha value is -0.320. The molecule has 0 aliphatic carbocycles. The first-order valence-corrected chi connectivity index (χ1v) is 6.80. The number of furan rings is 1. The van der Waals surface area contributed by atoms with Gasteiger partial charge in [0.15, 0.2) is 4.67 Å². The Kier molecular flexibility index (Phi) is 4.88. The van der Waals surface area contributed by atoms with Crippen molar-refractivity contribution >= 4 is 15.9 Å². The van der Waals surface area contributed by atoms with Crippen molar-refractivity contribution in [2.45, 2.75) is 25.8 Å². The molecule has 0 bridgehead atoms. The highest BCUT2D eigenvalue weighted by molar-refractivity contribution is 9.10. The maximum absolute atomic E-state index is 5.17. The Morgan fingerprint density at radius 2 is 2.19 bits per heavy atom. The summed E-state index contributed by atoms with van der Waals surface area (Å²) in [5.74, 6) is 0. The second kappa shape index (κ2) is 6.42. The van der Waals surface area contributed by atoms with E-state index < -0.39 is 0 Å². The average Bonchev–Trinajstić information content (AvgIpc) is 2.90. The fourth-order valence-electron chi connectivity index (χ4n) is 2.10. The van der Waals surface area contributed by atoms with E-state index in [1.54, 1.807) is 6.26 Å². The van der Waals surface area contributed by atoms with Gasteiger partial charge in [-0.1, -0.05) is 0 Å². The molecular weight excluding hydrogens is 268 g/mol. The molecule has 2 rings (SSSR count). The van der Waals surface area contributed by atoms with Crippen molar-refractivity contribution in [1.29, 1.82) is 0 Å². The van der Waals surface area contributed by atoms with Crippen molar-refractivity contribution < 1.29 is 4.42 Å². The lowest BCUT2D eigenvalue weighted by Gasteiger charge is -2.14. The first kappa shape index (κ1) is 12.1. The third-order valence-corrected chi connectivity index (χ3v) is 3.73. The lowest BCUT2D eigenvalue weighted by molar-refractivity contribution is 0.331. The minimum absolute atomic E-state index is 0.847. The quantitative estimate of drug-likeness (QED) is 0.815. The summed E-state index contributed by atoms with van der Waals surface area (Å²) in [6.45, 7) is 5.80. The number of hydrogen-bond acceptors (Lipinski definition) is 3. The molecule has 0 amide bonds. The zero-order valence-corrected chi connectivity index (χ0v) is 11.1. The fourth-order valence-corrected chi connectivity index (χ4v) is 2.48. The van der Waals surface area contributed by atoms with E-state index in [1.807, 2.05) is 6.07 Å². The van der Waals surface area contributed by atoms with E-state index in [2.05, 4.69) is 26.1 Å². The Bertz CT molecular complexity index is 308. The number of likely N-dealkylation sites (tertiary alicyclic amines) is 1. The Balaban J connectivity index is 1.53. The number of halogens is 1. The normalized spacial score (nSPS) is 17.1. The maximum atomic E-state index is 5.17. The van der Waals surface area contributed by atoms with E-state index in [1.165, 1.54) is 44.5 Å². The molecule has 90 valence electrons. The van der Waals surface area contributed by atoms with Crippen LogP contribution < -0.4 is 5.32 Å². The van der Waals surface area contributed by atoms with E-state index in [-0.39, 0.29) is 0 Å². The summed E-state index contributed by atoms with van der Waals surface area (Å²) in [6, 6.07) is 2.00. The monoisotopic (exact) mass is 286 g/mol. The van der Waals surface area contributed by atoms with Crippen molar-refractivity contribution in [3.63, 3.8) is 0 Å². The van der Waals surface area contributed by atoms with Gasteiger partial charge in [-0.2, -0.15) is 0 Å². The predicted molar refractivity (Wildman–Crippen MR) is 68.4 cm³/mol. The highest BCUT2D eigenvalue weighted by atomic mass is 79.9. The number of rotatable bonds is 6. The SMILES string of the molecule is Brc1occc1CNCCCN1CCCC1. The second-order valence-corrected chi connectivity index (χ2v) is 5.02. The summed E-state index contributed by atoms with van der Waals surface area (Å²) in [7, 11) is 0. The van der Waals surface area contributed by atoms with Crippen LogP contribution >= 0.6 is 15.9 Å². The van der Waals surface area contributed by atoms with Crippen molar-refractivity contribution in [2.75, 3.05) is 26.2 Å². The van der Waals surface area contributed by atoms with Crippen LogP contribution in [0.2, 0.25) is 0 Å². The Morgan fingerprint density at radius 3 is 2.88 bits per heavy atom. The van der Waals surface area contributed by atoms with E-state index in [4.69, 9.17) is 4.42 Å². The third-order valence-electron chi connectivity index (χ3n) is 3.04. The van der Waals surface area contributed by atoms with Gasteiger partial charge in [-0.05, 0) is 67.4 Å². The summed E-state index contributed by atoms with van der Waals surface area (Å²) in [5, 5.41) is 3.44. The molecule has 0 spiro atoms. The largest absolute Gasteiger partial charge is 0.457 e. The van der Waals surface area contributed by atoms with Crippen LogP contribution in [-0.2, 0) is 6.54 Å². The molecule has 1 N–H and O–H groups in total. The van der Waals surface area contributed by atoms with Crippen LogP contribution in [0, 0.1) is 0 Å². The van der Waals surface area contributed by atoms with Crippen LogP contribution in [0.3, 0.4) is 0 Å². The zero-order chi connectivity index (χ0) is 11.2. The highest BCUT2D eigenvalue weighted by Gasteiger charge is 2.10. The maximum Gasteiger partial charge on any atom is 0.173 e. The van der Waals surface area contributed by atoms with Gasteiger partial charge in [0.1, 0.15) is 0 Å². The fraction of sp³-hybridized carbons (Fsp3) is 0.667. The van der Waals surface area contributed by atoms with Crippen LogP contribution in [0.25, 0.3) is 0 Å². The average molecular weight is 287 g/mol. The van der Waals surface area contributed by atoms with E-state index in [0.717, 1.165) is 17.8 Å². The number of nitrogens with zero attached hydrogens (tertiary/aromatic N) is 1. The lowest BCUT2D eigenvalue weighted by atomic mass is 10.3. The number of nitrogens with one attached hydrogen (secondary N) is 1. The van der Waals surface area contributed by atoms with Gasteiger partial charge in [-0.3, -0.25) is 0 Å². The topological polar surface area (TPSA) is 28.4 Å². The van der Waals surface area contributed by atoms with Crippen molar-refractivity contribution in [3.05, 3.63) is 22.6 Å². The lowest BCUT2D eigenvalue weighted by Crippen LogP contribution is -2.24. The van der Waals surface area contributed by atoms with Gasteiger partial charge in [0, 0.05) is 12.1 Å². The molecular formula is C12H19BrN2O. The molecule has 1 aliphatic rings. The van der Waals surface area contributed by atoms with Gasteiger partial charge in [0.2, 0.25) is 0 Å². The summed E-state index contributed by atoms with van der Waals surface area (Å²) in [6.07, 6.45) is 5.71. The smallest absolute Gasteiger partial charge is 0.173 e. The predicted octanol–water partition coefficient (Wildman–Crippen LogP) is 2.62. The molecule has 0 aromatic carbocycles. The van der Waals surface area contributed by atoms with Crippen molar-refractivity contribution in [3.8, 4) is 0 Å². The van der Waals surface area contributed by atoms with Crippen LogP contribution in [-0.4, -0.2) is 31.1 Å². The summed E-state index contributed by atoms with van der Waals surface area (Å²) >= 11 is 3.37. The zero-order valence-electron chi connectivity index (χ0n) is 9.54. The van der Waals surface area contributed by atoms with Gasteiger partial charge >= 0.3 is 0 Å². The molecule has 4 heteroatoms. The molecule has 0 saturated carbocycles. The molecule has 1 saturated heterocycles. The highest BCUT2D eigenvalue weighted by Crippen LogP contribution is 2.16. The minimum Gasteiger partial charge on any atom is -0.457 e. The first-order valence-electron chi connectivity index (χ1n) is 6.01. The molecule has 3 nitrogen and oxygen atoms in total. The number of hydrogen-bond donors (Lipinski definition) is 1. The first-order chi connectivity index (χ1) is 7.86. The van der Waals surface area contributed by atoms with E-state index in [9.17, 15) is 0 Å². The van der Waals surface area contributed by atoms with Gasteiger partial charge in [-0.25, -0.2) is 0 Å². The molecule has 1 fully saturated rings. The molecule has 1 aromatic rings. The summed E-state index contributed by atoms with van der Waals surface area (Å²) in [5.41, 5.74) is 1.20. The van der Waals surface area contributed by atoms with E-state index >= 15 is 0 Å². The molecule has 1 aliphatic heterocycles. The van der Waals surface area contributed by atoms with Crippen LogP contribution in [0.1, 0.15) is 24.8 Å². The summed E-state index contributed by atoms with van der Waals surface area (Å²) in [4.78, 5) is 2.55. The molecule has 16 heavy (non-hydrogen) atoms. The van der Waals surface area contributed by atoms with Gasteiger partial charge in [0.25, 0.3) is 0 Å². The van der Waals surface area contributed by atoms with Gasteiger partial charge < -0.3 is 14.6 Å². The van der Waals surface area contributed by atoms with Crippen molar-refractivity contribution in [2.24, 2.45) is 0 Å². The second-order valence-electron chi connectivity index (χ2n) is 4.30.